The molecule has 1 heterocycles. The van der Waals surface area contributed by atoms with E-state index in [1.54, 1.807) is 19.3 Å². The van der Waals surface area contributed by atoms with Crippen molar-refractivity contribution >= 4 is 0 Å². The Kier molecular flexibility index (Phi) is 0.769. The van der Waals surface area contributed by atoms with E-state index in [0.29, 0.717) is 0 Å². The highest BCUT2D eigenvalue weighted by Crippen LogP contribution is 2.62. The van der Waals surface area contributed by atoms with Crippen molar-refractivity contribution in [3.63, 3.8) is 0 Å². The molecule has 11 heavy (non-hydrogen) atoms. The molecular formula is C10H14O. The van der Waals surface area contributed by atoms with Gasteiger partial charge in [0.05, 0.1) is 12.2 Å². The lowest BCUT2D eigenvalue weighted by atomic mass is 9.56. The first-order chi connectivity index (χ1) is 5.42. The number of fused-ring (bicyclic) bond motifs is 1. The van der Waals surface area contributed by atoms with Crippen LogP contribution in [0, 0.1) is 23.7 Å². The number of rotatable bonds is 0. The van der Waals surface area contributed by atoms with Crippen molar-refractivity contribution in [3.8, 4) is 0 Å². The minimum Gasteiger partial charge on any atom is -0.369 e. The third-order valence-corrected chi connectivity index (χ3v) is 4.53. The van der Waals surface area contributed by atoms with Gasteiger partial charge in [0, 0.05) is 0 Å². The molecular weight excluding hydrogens is 136 g/mol. The summed E-state index contributed by atoms with van der Waals surface area (Å²) in [6.45, 7) is 0. The molecule has 4 aliphatic carbocycles. The predicted octanol–water partition coefficient (Wildman–Crippen LogP) is 1.82. The van der Waals surface area contributed by atoms with Crippen LogP contribution in [0.3, 0.4) is 0 Å². The molecule has 4 unspecified atom stereocenters. The first-order valence-corrected chi connectivity index (χ1v) is 5.07. The maximum atomic E-state index is 5.62. The molecule has 0 aromatic heterocycles. The lowest BCUT2D eigenvalue weighted by molar-refractivity contribution is -0.0181. The van der Waals surface area contributed by atoms with Gasteiger partial charge in [-0.3, -0.25) is 0 Å². The molecule has 0 spiro atoms. The van der Waals surface area contributed by atoms with Gasteiger partial charge in [0.15, 0.2) is 0 Å². The lowest BCUT2D eigenvalue weighted by Gasteiger charge is -2.49. The van der Waals surface area contributed by atoms with Gasteiger partial charge in [-0.2, -0.15) is 0 Å². The molecule has 5 fully saturated rings. The summed E-state index contributed by atoms with van der Waals surface area (Å²) in [5.41, 5.74) is 0. The lowest BCUT2D eigenvalue weighted by Crippen LogP contribution is -2.42. The Hall–Kier alpha value is -0.0400. The van der Waals surface area contributed by atoms with E-state index in [4.69, 9.17) is 4.74 Å². The van der Waals surface area contributed by atoms with Crippen LogP contribution in [0.4, 0.5) is 0 Å². The molecule has 5 aliphatic rings. The molecule has 5 rings (SSSR count). The normalized spacial score (nSPS) is 69.8. The number of ether oxygens (including phenoxy) is 1. The second-order valence-electron chi connectivity index (χ2n) is 5.05. The van der Waals surface area contributed by atoms with E-state index in [-0.39, 0.29) is 0 Å². The third-order valence-electron chi connectivity index (χ3n) is 4.53. The van der Waals surface area contributed by atoms with E-state index in [0.717, 1.165) is 35.9 Å². The van der Waals surface area contributed by atoms with E-state index in [1.165, 1.54) is 6.42 Å². The van der Waals surface area contributed by atoms with Gasteiger partial charge >= 0.3 is 0 Å². The third kappa shape index (κ3) is 0.547. The largest absolute Gasteiger partial charge is 0.369 e. The Morgan fingerprint density at radius 2 is 1.64 bits per heavy atom. The highest BCUT2D eigenvalue weighted by Gasteiger charge is 2.62. The van der Waals surface area contributed by atoms with Gasteiger partial charge in [-0.25, -0.2) is 0 Å². The van der Waals surface area contributed by atoms with Crippen LogP contribution in [0.5, 0.6) is 0 Å². The first-order valence-electron chi connectivity index (χ1n) is 5.07. The van der Waals surface area contributed by atoms with E-state index in [1.807, 2.05) is 0 Å². The molecule has 4 atom stereocenters. The topological polar surface area (TPSA) is 12.5 Å². The summed E-state index contributed by atoms with van der Waals surface area (Å²) in [6, 6.07) is 0. The molecule has 4 saturated carbocycles. The number of epoxide rings is 1. The molecule has 0 radical (unpaired) electrons. The maximum absolute atomic E-state index is 5.62. The van der Waals surface area contributed by atoms with Gasteiger partial charge in [-0.1, -0.05) is 0 Å². The van der Waals surface area contributed by atoms with Gasteiger partial charge < -0.3 is 4.74 Å². The van der Waals surface area contributed by atoms with Crippen LogP contribution < -0.4 is 0 Å². The zero-order valence-corrected chi connectivity index (χ0v) is 6.70. The fourth-order valence-corrected chi connectivity index (χ4v) is 4.04. The minimum absolute atomic E-state index is 0.726. The van der Waals surface area contributed by atoms with Crippen molar-refractivity contribution < 1.29 is 4.74 Å². The Bertz CT molecular complexity index is 207. The fraction of sp³-hybridized carbons (Fsp3) is 1.00. The van der Waals surface area contributed by atoms with Crippen molar-refractivity contribution in [1.29, 1.82) is 0 Å². The summed E-state index contributed by atoms with van der Waals surface area (Å²) in [6.07, 6.45) is 7.54. The molecule has 0 amide bonds. The Balaban J connectivity index is 1.71. The van der Waals surface area contributed by atoms with Gasteiger partial charge in [-0.15, -0.1) is 0 Å². The second kappa shape index (κ2) is 1.52. The fourth-order valence-electron chi connectivity index (χ4n) is 4.04. The number of hydrogen-bond acceptors (Lipinski definition) is 1. The summed E-state index contributed by atoms with van der Waals surface area (Å²) < 4.78 is 5.62. The smallest absolute Gasteiger partial charge is 0.0875 e. The van der Waals surface area contributed by atoms with Gasteiger partial charge in [-0.05, 0) is 49.4 Å². The Morgan fingerprint density at radius 3 is 2.36 bits per heavy atom. The monoisotopic (exact) mass is 150 g/mol. The van der Waals surface area contributed by atoms with E-state index >= 15 is 0 Å². The quantitative estimate of drug-likeness (QED) is 0.480. The van der Waals surface area contributed by atoms with Crippen LogP contribution in [0.1, 0.15) is 25.7 Å². The molecule has 0 N–H and O–H groups in total. The predicted molar refractivity (Wildman–Crippen MR) is 41.1 cm³/mol. The van der Waals surface area contributed by atoms with Crippen LogP contribution in [0.25, 0.3) is 0 Å². The average molecular weight is 150 g/mol. The molecule has 2 bridgehead atoms. The molecule has 1 aliphatic heterocycles. The first kappa shape index (κ1) is 5.58. The van der Waals surface area contributed by atoms with Gasteiger partial charge in [0.1, 0.15) is 0 Å². The van der Waals surface area contributed by atoms with Crippen molar-refractivity contribution in [2.24, 2.45) is 23.7 Å². The molecule has 60 valence electrons. The molecule has 1 saturated heterocycles. The van der Waals surface area contributed by atoms with Gasteiger partial charge in [0.2, 0.25) is 0 Å². The molecule has 1 nitrogen and oxygen atoms in total. The highest BCUT2D eigenvalue weighted by atomic mass is 16.6. The van der Waals surface area contributed by atoms with Crippen LogP contribution in [0.2, 0.25) is 0 Å². The molecule has 0 aromatic rings. The van der Waals surface area contributed by atoms with E-state index in [2.05, 4.69) is 0 Å². The van der Waals surface area contributed by atoms with E-state index < -0.39 is 0 Å². The van der Waals surface area contributed by atoms with Crippen LogP contribution in [-0.2, 0) is 4.74 Å². The van der Waals surface area contributed by atoms with Crippen molar-refractivity contribution in [2.45, 2.75) is 37.9 Å². The maximum Gasteiger partial charge on any atom is 0.0875 e. The number of hydrogen-bond donors (Lipinski definition) is 0. The van der Waals surface area contributed by atoms with E-state index in [9.17, 15) is 0 Å². The van der Waals surface area contributed by atoms with Crippen molar-refractivity contribution in [2.75, 3.05) is 0 Å². The summed E-state index contributed by atoms with van der Waals surface area (Å²) in [5.74, 6) is 4.34. The van der Waals surface area contributed by atoms with Crippen LogP contribution in [-0.4, -0.2) is 12.2 Å². The standard InChI is InChI=1S/C10H14O/c1-5-2-6(1)9-7(3-5)4-8-10(9)11-8/h5-10H,1-4H2. The van der Waals surface area contributed by atoms with Crippen LogP contribution >= 0.6 is 0 Å². The average Bonchev–Trinajstić information content (AvgIpc) is 2.60. The SMILES string of the molecule is C1C2CC1C1C(C2)CC2OC21. The second-order valence-corrected chi connectivity index (χ2v) is 5.05. The zero-order chi connectivity index (χ0) is 7.00. The molecule has 1 heteroatoms. The summed E-state index contributed by atoms with van der Waals surface area (Å²) in [7, 11) is 0. The Morgan fingerprint density at radius 1 is 0.909 bits per heavy atom. The summed E-state index contributed by atoms with van der Waals surface area (Å²) in [4.78, 5) is 0. The minimum atomic E-state index is 0.726. The summed E-state index contributed by atoms with van der Waals surface area (Å²) >= 11 is 0. The molecule has 0 aromatic carbocycles. The Labute approximate surface area is 67.1 Å². The van der Waals surface area contributed by atoms with Crippen LogP contribution in [0.15, 0.2) is 0 Å². The highest BCUT2D eigenvalue weighted by molar-refractivity contribution is 5.10. The zero-order valence-electron chi connectivity index (χ0n) is 6.70. The van der Waals surface area contributed by atoms with Crippen molar-refractivity contribution in [1.82, 2.24) is 0 Å². The van der Waals surface area contributed by atoms with Gasteiger partial charge in [0.25, 0.3) is 0 Å². The summed E-state index contributed by atoms with van der Waals surface area (Å²) in [5, 5.41) is 0. The van der Waals surface area contributed by atoms with Crippen molar-refractivity contribution in [3.05, 3.63) is 0 Å².